The Balaban J connectivity index is 4.06. The maximum Gasteiger partial charge on any atom is 0.320 e. The average molecular weight is 407 g/mol. The predicted octanol–water partition coefficient (Wildman–Crippen LogP) is 4.24. The van der Waals surface area contributed by atoms with Crippen molar-refractivity contribution in [2.24, 2.45) is 5.92 Å². The summed E-state index contributed by atoms with van der Waals surface area (Å²) in [6.45, 7) is 6.80. The maximum absolute atomic E-state index is 11.3. The van der Waals surface area contributed by atoms with Crippen molar-refractivity contribution in [3.63, 3.8) is 0 Å². The molecule has 0 radical (unpaired) electrons. The average Bonchev–Trinajstić information content (AvgIpc) is 2.43. The highest BCUT2D eigenvalue weighted by Crippen LogP contribution is 2.13. The highest BCUT2D eigenvalue weighted by molar-refractivity contribution is 14.1. The van der Waals surface area contributed by atoms with E-state index in [-0.39, 0.29) is 5.92 Å². The summed E-state index contributed by atoms with van der Waals surface area (Å²) in [5, 5.41) is 12.5. The Morgan fingerprint density at radius 3 is 2.38 bits per heavy atom. The van der Waals surface area contributed by atoms with Crippen LogP contribution in [-0.2, 0) is 4.79 Å². The van der Waals surface area contributed by atoms with Crippen LogP contribution in [0.1, 0.15) is 65.7 Å². The lowest BCUT2D eigenvalue weighted by molar-refractivity contribution is -0.139. The molecular weight excluding hydrogens is 377 g/mol. The van der Waals surface area contributed by atoms with Crippen molar-refractivity contribution in [2.75, 3.05) is 6.54 Å². The standard InChI is InChI=1S/C17H30INO2/c1-4-6-7-8-9-10-12-16(17(20)21)19-13-15(11-5-2)14(3)18/h14-16,19H,4,6-10,12-13H2,1-3H3,(H,20,21). The van der Waals surface area contributed by atoms with Crippen molar-refractivity contribution in [1.82, 2.24) is 5.32 Å². The van der Waals surface area contributed by atoms with Gasteiger partial charge < -0.3 is 10.4 Å². The van der Waals surface area contributed by atoms with Crippen molar-refractivity contribution >= 4 is 28.6 Å². The fourth-order valence-corrected chi connectivity index (χ4v) is 2.66. The van der Waals surface area contributed by atoms with Crippen LogP contribution in [0.25, 0.3) is 0 Å². The van der Waals surface area contributed by atoms with E-state index in [0.717, 1.165) is 12.8 Å². The lowest BCUT2D eigenvalue weighted by Gasteiger charge is -2.19. The Morgan fingerprint density at radius 1 is 1.24 bits per heavy atom. The van der Waals surface area contributed by atoms with Crippen LogP contribution >= 0.6 is 22.6 Å². The predicted molar refractivity (Wildman–Crippen MR) is 97.8 cm³/mol. The quantitative estimate of drug-likeness (QED) is 0.220. The molecule has 122 valence electrons. The largest absolute Gasteiger partial charge is 0.480 e. The van der Waals surface area contributed by atoms with Gasteiger partial charge in [0.25, 0.3) is 0 Å². The third-order valence-electron chi connectivity index (χ3n) is 3.61. The molecular formula is C17H30INO2. The molecule has 0 bridgehead atoms. The van der Waals surface area contributed by atoms with Crippen molar-refractivity contribution in [3.05, 3.63) is 0 Å². The Bertz CT molecular complexity index is 333. The molecule has 3 atom stereocenters. The SMILES string of the molecule is CC#CC(CNC(CCCCCCCC)C(=O)O)C(C)I. The highest BCUT2D eigenvalue weighted by atomic mass is 127. The lowest BCUT2D eigenvalue weighted by Crippen LogP contribution is -2.40. The first-order chi connectivity index (χ1) is 10.0. The van der Waals surface area contributed by atoms with Gasteiger partial charge in [-0.1, -0.05) is 80.9 Å². The van der Waals surface area contributed by atoms with Gasteiger partial charge in [-0.05, 0) is 13.3 Å². The molecule has 0 aliphatic rings. The summed E-state index contributed by atoms with van der Waals surface area (Å²) in [6, 6.07) is -0.438. The van der Waals surface area contributed by atoms with Crippen LogP contribution in [0.5, 0.6) is 0 Å². The van der Waals surface area contributed by atoms with Crippen LogP contribution in [0.4, 0.5) is 0 Å². The van der Waals surface area contributed by atoms with Gasteiger partial charge in [0.1, 0.15) is 6.04 Å². The number of unbranched alkanes of at least 4 members (excludes halogenated alkanes) is 5. The van der Waals surface area contributed by atoms with E-state index in [1.165, 1.54) is 25.7 Å². The number of hydrogen-bond acceptors (Lipinski definition) is 2. The van der Waals surface area contributed by atoms with Gasteiger partial charge in [0.2, 0.25) is 0 Å². The van der Waals surface area contributed by atoms with Crippen molar-refractivity contribution in [3.8, 4) is 11.8 Å². The molecule has 0 amide bonds. The van der Waals surface area contributed by atoms with Gasteiger partial charge in [0, 0.05) is 16.4 Å². The molecule has 3 nitrogen and oxygen atoms in total. The van der Waals surface area contributed by atoms with E-state index in [1.54, 1.807) is 0 Å². The third-order valence-corrected chi connectivity index (χ3v) is 4.48. The number of halogens is 1. The minimum Gasteiger partial charge on any atom is -0.480 e. The Kier molecular flexibility index (Phi) is 13.2. The van der Waals surface area contributed by atoms with Crippen molar-refractivity contribution in [1.29, 1.82) is 0 Å². The number of rotatable bonds is 12. The molecule has 0 saturated heterocycles. The zero-order valence-corrected chi connectivity index (χ0v) is 15.8. The normalized spacial score (nSPS) is 14.9. The molecule has 0 aromatic rings. The molecule has 0 spiro atoms. The van der Waals surface area contributed by atoms with Crippen molar-refractivity contribution in [2.45, 2.75) is 75.7 Å². The van der Waals surface area contributed by atoms with Crippen molar-refractivity contribution < 1.29 is 9.90 Å². The smallest absolute Gasteiger partial charge is 0.320 e. The second kappa shape index (κ2) is 13.4. The first kappa shape index (κ1) is 20.7. The minimum absolute atomic E-state index is 0.210. The molecule has 0 heterocycles. The third kappa shape index (κ3) is 11.0. The summed E-state index contributed by atoms with van der Waals surface area (Å²) in [4.78, 5) is 11.3. The number of hydrogen-bond donors (Lipinski definition) is 2. The van der Waals surface area contributed by atoms with Gasteiger partial charge in [-0.2, -0.15) is 0 Å². The second-order valence-corrected chi connectivity index (χ2v) is 7.50. The topological polar surface area (TPSA) is 49.3 Å². The van der Waals surface area contributed by atoms with Crippen LogP contribution < -0.4 is 5.32 Å². The van der Waals surface area contributed by atoms with Gasteiger partial charge in [-0.3, -0.25) is 4.79 Å². The zero-order chi connectivity index (χ0) is 16.1. The number of alkyl halides is 1. The van der Waals surface area contributed by atoms with E-state index in [9.17, 15) is 9.90 Å². The summed E-state index contributed by atoms with van der Waals surface area (Å²) >= 11 is 2.35. The summed E-state index contributed by atoms with van der Waals surface area (Å²) in [7, 11) is 0. The first-order valence-corrected chi connectivity index (χ1v) is 9.30. The number of nitrogens with one attached hydrogen (secondary N) is 1. The molecule has 0 saturated carbocycles. The molecule has 0 fully saturated rings. The number of carboxylic acid groups (broad SMARTS) is 1. The first-order valence-electron chi connectivity index (χ1n) is 8.05. The van der Waals surface area contributed by atoms with Gasteiger partial charge in [0.05, 0.1) is 0 Å². The molecule has 2 N–H and O–H groups in total. The van der Waals surface area contributed by atoms with E-state index in [4.69, 9.17) is 0 Å². The summed E-state index contributed by atoms with van der Waals surface area (Å²) in [5.74, 6) is 5.55. The van der Waals surface area contributed by atoms with Gasteiger partial charge in [0.15, 0.2) is 0 Å². The van der Waals surface area contributed by atoms with Crippen LogP contribution in [0, 0.1) is 17.8 Å². The molecule has 0 aliphatic carbocycles. The molecule has 3 unspecified atom stereocenters. The fourth-order valence-electron chi connectivity index (χ4n) is 2.22. The number of carbonyl (C=O) groups is 1. The molecule has 0 aromatic carbocycles. The Hall–Kier alpha value is -0.280. The van der Waals surface area contributed by atoms with E-state index in [1.807, 2.05) is 6.92 Å². The molecule has 0 aliphatic heterocycles. The summed E-state index contributed by atoms with van der Waals surface area (Å²) in [5.41, 5.74) is 0. The highest BCUT2D eigenvalue weighted by Gasteiger charge is 2.19. The van der Waals surface area contributed by atoms with E-state index >= 15 is 0 Å². The minimum atomic E-state index is -0.743. The zero-order valence-electron chi connectivity index (χ0n) is 13.6. The molecule has 0 aromatic heterocycles. The van der Waals surface area contributed by atoms with E-state index < -0.39 is 12.0 Å². The summed E-state index contributed by atoms with van der Waals surface area (Å²) < 4.78 is 0.408. The Morgan fingerprint density at radius 2 is 1.86 bits per heavy atom. The molecule has 0 rings (SSSR count). The molecule has 4 heteroatoms. The van der Waals surface area contributed by atoms with Crippen LogP contribution in [-0.4, -0.2) is 27.6 Å². The van der Waals surface area contributed by atoms with Crippen LogP contribution in [0.2, 0.25) is 0 Å². The summed E-state index contributed by atoms with van der Waals surface area (Å²) in [6.07, 6.45) is 7.84. The number of aliphatic carboxylic acids is 1. The monoisotopic (exact) mass is 407 g/mol. The second-order valence-electron chi connectivity index (χ2n) is 5.53. The maximum atomic E-state index is 11.3. The molecule has 21 heavy (non-hydrogen) atoms. The van der Waals surface area contributed by atoms with Crippen LogP contribution in [0.3, 0.4) is 0 Å². The number of carboxylic acids is 1. The fraction of sp³-hybridized carbons (Fsp3) is 0.824. The van der Waals surface area contributed by atoms with E-state index in [0.29, 0.717) is 16.9 Å². The van der Waals surface area contributed by atoms with Crippen LogP contribution in [0.15, 0.2) is 0 Å². The van der Waals surface area contributed by atoms with E-state index in [2.05, 4.69) is 53.6 Å². The lowest BCUT2D eigenvalue weighted by atomic mass is 10.0. The van der Waals surface area contributed by atoms with Gasteiger partial charge >= 0.3 is 5.97 Å². The van der Waals surface area contributed by atoms with Gasteiger partial charge in [-0.15, -0.1) is 5.92 Å². The van der Waals surface area contributed by atoms with Gasteiger partial charge in [-0.25, -0.2) is 0 Å². The Labute approximate surface area is 143 Å².